The second-order valence-corrected chi connectivity index (χ2v) is 11.0. The van der Waals surface area contributed by atoms with Crippen LogP contribution in [0.2, 0.25) is 0 Å². The molecule has 3 saturated carbocycles. The van der Waals surface area contributed by atoms with Gasteiger partial charge in [0.25, 0.3) is 0 Å². The number of rotatable bonds is 2. The third kappa shape index (κ3) is 2.60. The van der Waals surface area contributed by atoms with Crippen LogP contribution >= 0.6 is 0 Å². The number of ketones is 1. The molecule has 0 aromatic rings. The Labute approximate surface area is 179 Å². The van der Waals surface area contributed by atoms with Gasteiger partial charge in [0.05, 0.1) is 13.2 Å². The number of ether oxygens (including phenoxy) is 3. The van der Waals surface area contributed by atoms with Crippen molar-refractivity contribution >= 4 is 11.8 Å². The van der Waals surface area contributed by atoms with Crippen LogP contribution < -0.4 is 0 Å². The number of Topliss-reactive ketones (excluding diaryl/α,β-unsaturated/α-hetero) is 1. The molecule has 0 unspecified atom stereocenters. The summed E-state index contributed by atoms with van der Waals surface area (Å²) in [5, 5.41) is 0. The molecule has 4 aliphatic carbocycles. The van der Waals surface area contributed by atoms with Gasteiger partial charge in [0.1, 0.15) is 0 Å². The second-order valence-electron chi connectivity index (χ2n) is 11.0. The van der Waals surface area contributed by atoms with E-state index >= 15 is 0 Å². The molecule has 5 rings (SSSR count). The summed E-state index contributed by atoms with van der Waals surface area (Å²) in [5.41, 5.74) is 0.507. The zero-order valence-corrected chi connectivity index (χ0v) is 18.9. The Morgan fingerprint density at radius 3 is 2.37 bits per heavy atom. The molecule has 4 fully saturated rings. The lowest BCUT2D eigenvalue weighted by atomic mass is 9.46. The van der Waals surface area contributed by atoms with E-state index in [4.69, 9.17) is 14.2 Å². The number of allylic oxidation sites excluding steroid dienone is 1. The van der Waals surface area contributed by atoms with E-state index < -0.39 is 5.60 Å². The highest BCUT2D eigenvalue weighted by molar-refractivity contribution is 5.89. The lowest BCUT2D eigenvalue weighted by Gasteiger charge is -2.59. The molecule has 0 aromatic carbocycles. The summed E-state index contributed by atoms with van der Waals surface area (Å²) in [6.45, 7) is 9.15. The highest BCUT2D eigenvalue weighted by atomic mass is 16.7. The zero-order valence-electron chi connectivity index (χ0n) is 18.9. The topological polar surface area (TPSA) is 61.8 Å². The molecule has 6 atom stereocenters. The van der Waals surface area contributed by atoms with Gasteiger partial charge >= 0.3 is 5.97 Å². The van der Waals surface area contributed by atoms with Crippen molar-refractivity contribution in [3.05, 3.63) is 11.6 Å². The summed E-state index contributed by atoms with van der Waals surface area (Å²) in [5.74, 6) is 0.899. The number of carbonyl (C=O) groups excluding carboxylic acids is 2. The molecule has 1 spiro atoms. The summed E-state index contributed by atoms with van der Waals surface area (Å²) >= 11 is 0. The van der Waals surface area contributed by atoms with Gasteiger partial charge in [-0.2, -0.15) is 0 Å². The molecule has 0 bridgehead atoms. The lowest BCUT2D eigenvalue weighted by Crippen LogP contribution is -2.58. The van der Waals surface area contributed by atoms with Crippen molar-refractivity contribution in [3.8, 4) is 0 Å². The van der Waals surface area contributed by atoms with E-state index in [0.29, 0.717) is 37.4 Å². The predicted octanol–water partition coefficient (Wildman–Crippen LogP) is 4.58. The standard InChI is InChI=1S/C25H36O5/c1-16(26)25(30-17(2)27)10-8-21-19-6-5-18-15-24(28-13-14-29-24)12-11-22(18,3)20(19)7-9-23(21,25)4/h5,19-21H,6-15H2,1-4H3/t19-,20+,21+,22-,23+,25+/m0/s1. The number of fused-ring (bicyclic) bond motifs is 5. The van der Waals surface area contributed by atoms with Crippen molar-refractivity contribution in [1.29, 1.82) is 0 Å². The molecule has 1 saturated heterocycles. The summed E-state index contributed by atoms with van der Waals surface area (Å²) in [6, 6.07) is 0. The van der Waals surface area contributed by atoms with E-state index in [0.717, 1.165) is 44.9 Å². The van der Waals surface area contributed by atoms with Crippen molar-refractivity contribution in [2.75, 3.05) is 13.2 Å². The molecule has 5 aliphatic rings. The average Bonchev–Trinajstić information content (AvgIpc) is 3.25. The van der Waals surface area contributed by atoms with E-state index in [2.05, 4.69) is 19.9 Å². The molecule has 0 amide bonds. The van der Waals surface area contributed by atoms with Crippen LogP contribution in [-0.4, -0.2) is 36.4 Å². The van der Waals surface area contributed by atoms with Crippen LogP contribution in [0.3, 0.4) is 0 Å². The first-order chi connectivity index (χ1) is 14.2. The van der Waals surface area contributed by atoms with Crippen molar-refractivity contribution in [1.82, 2.24) is 0 Å². The normalized spacial score (nSPS) is 46.5. The van der Waals surface area contributed by atoms with E-state index in [-0.39, 0.29) is 28.4 Å². The van der Waals surface area contributed by atoms with Gasteiger partial charge in [0, 0.05) is 25.2 Å². The van der Waals surface area contributed by atoms with Crippen molar-refractivity contribution < 1.29 is 23.8 Å². The summed E-state index contributed by atoms with van der Waals surface area (Å²) in [4.78, 5) is 24.8. The van der Waals surface area contributed by atoms with Crippen LogP contribution in [0.5, 0.6) is 0 Å². The third-order valence-corrected chi connectivity index (χ3v) is 9.93. The summed E-state index contributed by atoms with van der Waals surface area (Å²) in [6.07, 6.45) is 10.2. The van der Waals surface area contributed by atoms with E-state index in [9.17, 15) is 9.59 Å². The first-order valence-electron chi connectivity index (χ1n) is 11.8. The van der Waals surface area contributed by atoms with Gasteiger partial charge in [0.15, 0.2) is 17.2 Å². The molecular formula is C25H36O5. The maximum atomic E-state index is 12.8. The molecule has 5 nitrogen and oxygen atoms in total. The number of carbonyl (C=O) groups is 2. The van der Waals surface area contributed by atoms with E-state index in [1.807, 2.05) is 0 Å². The molecule has 0 radical (unpaired) electrons. The quantitative estimate of drug-likeness (QED) is 0.487. The van der Waals surface area contributed by atoms with Crippen LogP contribution in [0.1, 0.15) is 79.1 Å². The van der Waals surface area contributed by atoms with Gasteiger partial charge in [-0.05, 0) is 68.6 Å². The maximum Gasteiger partial charge on any atom is 0.303 e. The molecule has 166 valence electrons. The van der Waals surface area contributed by atoms with E-state index in [1.165, 1.54) is 12.5 Å². The van der Waals surface area contributed by atoms with Crippen molar-refractivity contribution in [2.45, 2.75) is 90.4 Å². The highest BCUT2D eigenvalue weighted by Crippen LogP contribution is 2.68. The summed E-state index contributed by atoms with van der Waals surface area (Å²) in [7, 11) is 0. The van der Waals surface area contributed by atoms with Gasteiger partial charge in [0.2, 0.25) is 0 Å². The Morgan fingerprint density at radius 2 is 1.70 bits per heavy atom. The Hall–Kier alpha value is -1.20. The van der Waals surface area contributed by atoms with Crippen LogP contribution in [-0.2, 0) is 23.8 Å². The van der Waals surface area contributed by atoms with Crippen LogP contribution in [0.4, 0.5) is 0 Å². The molecule has 0 N–H and O–H groups in total. The fraction of sp³-hybridized carbons (Fsp3) is 0.840. The third-order valence-electron chi connectivity index (χ3n) is 9.93. The first kappa shape index (κ1) is 20.7. The Morgan fingerprint density at radius 1 is 1.00 bits per heavy atom. The Balaban J connectivity index is 1.46. The smallest absolute Gasteiger partial charge is 0.303 e. The number of hydrogen-bond acceptors (Lipinski definition) is 5. The zero-order chi connectivity index (χ0) is 21.4. The molecule has 5 heteroatoms. The minimum atomic E-state index is -0.943. The van der Waals surface area contributed by atoms with Gasteiger partial charge in [-0.1, -0.05) is 25.5 Å². The monoisotopic (exact) mass is 416 g/mol. The van der Waals surface area contributed by atoms with Crippen molar-refractivity contribution in [2.24, 2.45) is 28.6 Å². The van der Waals surface area contributed by atoms with Crippen LogP contribution in [0.25, 0.3) is 0 Å². The summed E-state index contributed by atoms with van der Waals surface area (Å²) < 4.78 is 17.9. The number of esters is 1. The maximum absolute atomic E-state index is 12.8. The Bertz CT molecular complexity index is 795. The SMILES string of the molecule is CC(=O)O[C@@]1(C(C)=O)CC[C@@H]2[C@H]3CC=C4CC5(CC[C@]4(C)[C@@H]3CC[C@]21C)OCCO5. The van der Waals surface area contributed by atoms with Crippen LogP contribution in [0.15, 0.2) is 11.6 Å². The first-order valence-corrected chi connectivity index (χ1v) is 11.8. The minimum absolute atomic E-state index is 0.0227. The number of hydrogen-bond donors (Lipinski definition) is 0. The molecule has 0 aromatic heterocycles. The van der Waals surface area contributed by atoms with Crippen molar-refractivity contribution in [3.63, 3.8) is 0 Å². The second kappa shape index (κ2) is 6.65. The average molecular weight is 417 g/mol. The van der Waals surface area contributed by atoms with Gasteiger partial charge in [-0.15, -0.1) is 0 Å². The van der Waals surface area contributed by atoms with E-state index in [1.54, 1.807) is 6.92 Å². The predicted molar refractivity (Wildman–Crippen MR) is 112 cm³/mol. The molecule has 1 aliphatic heterocycles. The molecule has 30 heavy (non-hydrogen) atoms. The molecule has 1 heterocycles. The lowest BCUT2D eigenvalue weighted by molar-refractivity contribution is -0.194. The Kier molecular flexibility index (Phi) is 4.59. The fourth-order valence-electron chi connectivity index (χ4n) is 8.41. The minimum Gasteiger partial charge on any atom is -0.451 e. The van der Waals surface area contributed by atoms with Crippen LogP contribution in [0, 0.1) is 28.6 Å². The largest absolute Gasteiger partial charge is 0.451 e. The van der Waals surface area contributed by atoms with Gasteiger partial charge in [-0.3, -0.25) is 9.59 Å². The van der Waals surface area contributed by atoms with Gasteiger partial charge < -0.3 is 14.2 Å². The highest BCUT2D eigenvalue weighted by Gasteiger charge is 2.68. The fourth-order valence-corrected chi connectivity index (χ4v) is 8.41. The molecular weight excluding hydrogens is 380 g/mol. The van der Waals surface area contributed by atoms with Gasteiger partial charge in [-0.25, -0.2) is 0 Å².